The third-order valence-corrected chi connectivity index (χ3v) is 5.69. The highest BCUT2D eigenvalue weighted by molar-refractivity contribution is 9.10. The van der Waals surface area contributed by atoms with Crippen molar-refractivity contribution in [3.05, 3.63) is 57.1 Å². The van der Waals surface area contributed by atoms with E-state index < -0.39 is 0 Å². The minimum Gasteiger partial charge on any atom is -0.421 e. The zero-order chi connectivity index (χ0) is 22.1. The quantitative estimate of drug-likeness (QED) is 0.257. The number of aryl methyl sites for hydroxylation is 3. The Balaban J connectivity index is 1.47. The van der Waals surface area contributed by atoms with Gasteiger partial charge in [-0.3, -0.25) is 9.36 Å². The van der Waals surface area contributed by atoms with Crippen molar-refractivity contribution in [2.45, 2.75) is 45.6 Å². The Morgan fingerprint density at radius 1 is 1.06 bits per heavy atom. The number of rotatable bonds is 8. The van der Waals surface area contributed by atoms with Crippen LogP contribution in [0.2, 0.25) is 0 Å². The SMILES string of the molecule is CCCCCn1c2nc(Br)[nH]c2c(=O)n2c(CCc3nnc(-c4ccccc4)o3)nnc12. The number of aromatic nitrogens is 8. The molecule has 4 aromatic heterocycles. The van der Waals surface area contributed by atoms with Gasteiger partial charge in [0.15, 0.2) is 15.9 Å². The van der Waals surface area contributed by atoms with Crippen LogP contribution >= 0.6 is 15.9 Å². The van der Waals surface area contributed by atoms with Gasteiger partial charge >= 0.3 is 0 Å². The summed E-state index contributed by atoms with van der Waals surface area (Å²) in [4.78, 5) is 20.7. The third-order valence-electron chi connectivity index (χ3n) is 5.32. The number of aromatic amines is 1. The number of nitrogens with zero attached hydrogens (tertiary/aromatic N) is 7. The number of imidazole rings is 1. The minimum atomic E-state index is -0.226. The van der Waals surface area contributed by atoms with Crippen molar-refractivity contribution in [2.24, 2.45) is 0 Å². The normalized spacial score (nSPS) is 11.7. The van der Waals surface area contributed by atoms with Crippen LogP contribution in [0.25, 0.3) is 28.4 Å². The van der Waals surface area contributed by atoms with Crippen LogP contribution in [0.4, 0.5) is 0 Å². The average Bonchev–Trinajstić information content (AvgIpc) is 3.53. The van der Waals surface area contributed by atoms with Crippen LogP contribution < -0.4 is 5.56 Å². The van der Waals surface area contributed by atoms with Gasteiger partial charge in [0.25, 0.3) is 5.56 Å². The van der Waals surface area contributed by atoms with Crippen LogP contribution in [-0.4, -0.2) is 39.3 Å². The molecule has 1 aromatic carbocycles. The zero-order valence-electron chi connectivity index (χ0n) is 17.5. The summed E-state index contributed by atoms with van der Waals surface area (Å²) in [5.41, 5.74) is 1.64. The van der Waals surface area contributed by atoms with E-state index in [1.54, 1.807) is 4.40 Å². The van der Waals surface area contributed by atoms with E-state index in [1.165, 1.54) is 0 Å². The lowest BCUT2D eigenvalue weighted by atomic mass is 10.2. The summed E-state index contributed by atoms with van der Waals surface area (Å²) in [5, 5.41) is 16.9. The second-order valence-corrected chi connectivity index (χ2v) is 8.26. The maximum absolute atomic E-state index is 13.2. The van der Waals surface area contributed by atoms with E-state index in [2.05, 4.69) is 53.2 Å². The Hall–Kier alpha value is -3.34. The fraction of sp³-hybridized carbons (Fsp3) is 0.333. The lowest BCUT2D eigenvalue weighted by molar-refractivity contribution is 0.501. The zero-order valence-corrected chi connectivity index (χ0v) is 19.0. The molecule has 11 heteroatoms. The Kier molecular flexibility index (Phi) is 5.56. The number of halogens is 1. The molecule has 164 valence electrons. The molecule has 5 aromatic rings. The average molecular weight is 497 g/mol. The van der Waals surface area contributed by atoms with E-state index in [-0.39, 0.29) is 5.56 Å². The van der Waals surface area contributed by atoms with Crippen molar-refractivity contribution in [3.63, 3.8) is 0 Å². The lowest BCUT2D eigenvalue weighted by Gasteiger charge is -2.09. The van der Waals surface area contributed by atoms with E-state index in [4.69, 9.17) is 4.42 Å². The number of hydrogen-bond acceptors (Lipinski definition) is 7. The summed E-state index contributed by atoms with van der Waals surface area (Å²) < 4.78 is 9.80. The van der Waals surface area contributed by atoms with Gasteiger partial charge in [0, 0.05) is 24.9 Å². The van der Waals surface area contributed by atoms with Gasteiger partial charge in [-0.2, -0.15) is 0 Å². The monoisotopic (exact) mass is 496 g/mol. The maximum atomic E-state index is 13.2. The van der Waals surface area contributed by atoms with Crippen molar-refractivity contribution in [1.29, 1.82) is 0 Å². The number of unbranched alkanes of at least 4 members (excludes halogenated alkanes) is 2. The standard InChI is InChI=1S/C21H21BrN8O2/c1-2-3-7-12-29-17-16(23-20(22)24-17)19(31)30-14(25-28-21(29)30)10-11-15-26-27-18(32-15)13-8-5-4-6-9-13/h4-6,8-9H,2-3,7,10-12H2,1H3,(H,23,24). The topological polar surface area (TPSA) is 120 Å². The molecule has 0 fully saturated rings. The van der Waals surface area contributed by atoms with E-state index in [0.29, 0.717) is 58.7 Å². The minimum absolute atomic E-state index is 0.226. The first kappa shape index (κ1) is 20.6. The van der Waals surface area contributed by atoms with E-state index in [9.17, 15) is 4.79 Å². The molecule has 0 atom stereocenters. The Morgan fingerprint density at radius 3 is 2.72 bits per heavy atom. The highest BCUT2D eigenvalue weighted by atomic mass is 79.9. The molecule has 0 spiro atoms. The van der Waals surface area contributed by atoms with E-state index in [0.717, 1.165) is 24.8 Å². The molecule has 0 aliphatic rings. The molecule has 4 heterocycles. The summed E-state index contributed by atoms with van der Waals surface area (Å²) in [6, 6.07) is 9.60. The lowest BCUT2D eigenvalue weighted by Crippen LogP contribution is -2.21. The molecular formula is C21H21BrN8O2. The van der Waals surface area contributed by atoms with Crippen molar-refractivity contribution in [2.75, 3.05) is 0 Å². The first-order valence-electron chi connectivity index (χ1n) is 10.6. The number of benzene rings is 1. The van der Waals surface area contributed by atoms with Crippen molar-refractivity contribution in [1.82, 2.24) is 39.3 Å². The summed E-state index contributed by atoms with van der Waals surface area (Å²) in [6.07, 6.45) is 4.01. The number of fused-ring (bicyclic) bond motifs is 2. The number of H-pyrrole nitrogens is 1. The van der Waals surface area contributed by atoms with Gasteiger partial charge in [0.2, 0.25) is 17.6 Å². The van der Waals surface area contributed by atoms with Gasteiger partial charge in [-0.05, 0) is 34.5 Å². The van der Waals surface area contributed by atoms with Crippen LogP contribution in [0.5, 0.6) is 0 Å². The molecule has 0 saturated carbocycles. The Morgan fingerprint density at radius 2 is 1.91 bits per heavy atom. The number of nitrogens with one attached hydrogen (secondary N) is 1. The predicted octanol–water partition coefficient (Wildman–Crippen LogP) is 3.56. The summed E-state index contributed by atoms with van der Waals surface area (Å²) in [7, 11) is 0. The van der Waals surface area contributed by atoms with Crippen LogP contribution in [0.3, 0.4) is 0 Å². The maximum Gasteiger partial charge on any atom is 0.286 e. The van der Waals surface area contributed by atoms with Gasteiger partial charge in [-0.1, -0.05) is 38.0 Å². The van der Waals surface area contributed by atoms with Crippen molar-refractivity contribution < 1.29 is 4.42 Å². The van der Waals surface area contributed by atoms with Gasteiger partial charge < -0.3 is 9.40 Å². The third kappa shape index (κ3) is 3.72. The smallest absolute Gasteiger partial charge is 0.286 e. The van der Waals surface area contributed by atoms with Gasteiger partial charge in [0.1, 0.15) is 5.82 Å². The van der Waals surface area contributed by atoms with Gasteiger partial charge in [-0.15, -0.1) is 20.4 Å². The Bertz CT molecular complexity index is 1430. The molecule has 0 unspecified atom stereocenters. The van der Waals surface area contributed by atoms with Crippen LogP contribution in [0.15, 0.2) is 44.3 Å². The molecule has 1 N–H and O–H groups in total. The number of hydrogen-bond donors (Lipinski definition) is 1. The van der Waals surface area contributed by atoms with Gasteiger partial charge in [0.05, 0.1) is 0 Å². The summed E-state index contributed by atoms with van der Waals surface area (Å²) in [5.74, 6) is 1.98. The predicted molar refractivity (Wildman–Crippen MR) is 121 cm³/mol. The molecule has 10 nitrogen and oxygen atoms in total. The second-order valence-electron chi connectivity index (χ2n) is 7.51. The van der Waals surface area contributed by atoms with Gasteiger partial charge in [-0.25, -0.2) is 9.38 Å². The molecule has 32 heavy (non-hydrogen) atoms. The first-order valence-corrected chi connectivity index (χ1v) is 11.3. The molecule has 0 radical (unpaired) electrons. The van der Waals surface area contributed by atoms with Crippen LogP contribution in [0, 0.1) is 0 Å². The molecular weight excluding hydrogens is 476 g/mol. The highest BCUT2D eigenvalue weighted by Crippen LogP contribution is 2.19. The van der Waals surface area contributed by atoms with E-state index >= 15 is 0 Å². The molecule has 0 amide bonds. The van der Waals surface area contributed by atoms with Crippen molar-refractivity contribution >= 4 is 32.9 Å². The summed E-state index contributed by atoms with van der Waals surface area (Å²) >= 11 is 3.35. The second kappa shape index (κ2) is 8.65. The van der Waals surface area contributed by atoms with Crippen LogP contribution in [0.1, 0.15) is 37.9 Å². The fourth-order valence-electron chi connectivity index (χ4n) is 3.74. The largest absolute Gasteiger partial charge is 0.421 e. The molecule has 0 aliphatic carbocycles. The molecule has 0 aliphatic heterocycles. The molecule has 5 rings (SSSR count). The van der Waals surface area contributed by atoms with Crippen molar-refractivity contribution in [3.8, 4) is 11.5 Å². The Labute approximate surface area is 190 Å². The van der Waals surface area contributed by atoms with Crippen LogP contribution in [-0.2, 0) is 19.4 Å². The first-order chi connectivity index (χ1) is 15.7. The van der Waals surface area contributed by atoms with E-state index in [1.807, 2.05) is 34.9 Å². The molecule has 0 saturated heterocycles. The highest BCUT2D eigenvalue weighted by Gasteiger charge is 2.20. The fourth-order valence-corrected chi connectivity index (χ4v) is 4.10. The molecule has 0 bridgehead atoms. The summed E-state index contributed by atoms with van der Waals surface area (Å²) in [6.45, 7) is 2.85.